The van der Waals surface area contributed by atoms with E-state index in [1.165, 1.54) is 12.8 Å². The molecule has 1 fully saturated rings. The van der Waals surface area contributed by atoms with Gasteiger partial charge in [0.1, 0.15) is 5.75 Å². The second kappa shape index (κ2) is 4.23. The molecular formula is C13H19NO. The number of piperidine rings is 1. The molecule has 1 aliphatic heterocycles. The number of para-hydroxylation sites is 1. The third-order valence-corrected chi connectivity index (χ3v) is 3.52. The summed E-state index contributed by atoms with van der Waals surface area (Å²) in [6.07, 6.45) is 4.65. The predicted octanol–water partition coefficient (Wildman–Crippen LogP) is 2.77. The van der Waals surface area contributed by atoms with Crippen molar-refractivity contribution >= 4 is 0 Å². The van der Waals surface area contributed by atoms with Crippen LogP contribution in [0.4, 0.5) is 0 Å². The maximum absolute atomic E-state index is 9.92. The molecule has 0 aliphatic carbocycles. The van der Waals surface area contributed by atoms with Crippen LogP contribution in [0.15, 0.2) is 24.3 Å². The fourth-order valence-corrected chi connectivity index (χ4v) is 2.57. The molecule has 2 heteroatoms. The van der Waals surface area contributed by atoms with E-state index in [2.05, 4.69) is 12.2 Å². The first-order chi connectivity index (χ1) is 7.28. The fraction of sp³-hybridized carbons (Fsp3) is 0.538. The summed E-state index contributed by atoms with van der Waals surface area (Å²) in [7, 11) is 0. The van der Waals surface area contributed by atoms with Crippen molar-refractivity contribution < 1.29 is 5.11 Å². The summed E-state index contributed by atoms with van der Waals surface area (Å²) in [5, 5.41) is 13.5. The van der Waals surface area contributed by atoms with Gasteiger partial charge in [0.05, 0.1) is 0 Å². The Hall–Kier alpha value is -1.02. The first kappa shape index (κ1) is 10.5. The molecular weight excluding hydrogens is 186 g/mol. The van der Waals surface area contributed by atoms with Gasteiger partial charge in [0.15, 0.2) is 0 Å². The molecule has 0 amide bonds. The van der Waals surface area contributed by atoms with E-state index in [1.807, 2.05) is 18.2 Å². The van der Waals surface area contributed by atoms with E-state index in [4.69, 9.17) is 0 Å². The molecule has 2 rings (SSSR count). The molecule has 1 aromatic carbocycles. The zero-order valence-electron chi connectivity index (χ0n) is 9.29. The van der Waals surface area contributed by atoms with Crippen molar-refractivity contribution in [3.8, 4) is 5.75 Å². The van der Waals surface area contributed by atoms with Crippen molar-refractivity contribution in [2.45, 2.75) is 38.1 Å². The Morgan fingerprint density at radius 1 is 1.33 bits per heavy atom. The average molecular weight is 205 g/mol. The maximum Gasteiger partial charge on any atom is 0.120 e. The first-order valence-corrected chi connectivity index (χ1v) is 5.82. The zero-order chi connectivity index (χ0) is 10.7. The van der Waals surface area contributed by atoms with Crippen molar-refractivity contribution in [1.82, 2.24) is 5.32 Å². The number of phenols is 1. The molecule has 1 saturated heterocycles. The highest BCUT2D eigenvalue weighted by Gasteiger charge is 2.33. The van der Waals surface area contributed by atoms with Gasteiger partial charge in [-0.25, -0.2) is 0 Å². The number of aromatic hydroxyl groups is 1. The number of benzene rings is 1. The second-order valence-electron chi connectivity index (χ2n) is 4.34. The van der Waals surface area contributed by atoms with Crippen LogP contribution in [0.5, 0.6) is 5.75 Å². The molecule has 0 aromatic heterocycles. The van der Waals surface area contributed by atoms with Crippen LogP contribution in [0.1, 0.15) is 38.2 Å². The molecule has 1 atom stereocenters. The van der Waals surface area contributed by atoms with Crippen LogP contribution >= 0.6 is 0 Å². The number of hydrogen-bond donors (Lipinski definition) is 2. The predicted molar refractivity (Wildman–Crippen MR) is 61.9 cm³/mol. The Morgan fingerprint density at radius 3 is 2.73 bits per heavy atom. The van der Waals surface area contributed by atoms with Crippen LogP contribution in [-0.4, -0.2) is 11.7 Å². The minimum absolute atomic E-state index is 0.00356. The van der Waals surface area contributed by atoms with Crippen molar-refractivity contribution in [2.24, 2.45) is 0 Å². The van der Waals surface area contributed by atoms with E-state index < -0.39 is 0 Å². The Labute approximate surface area is 91.3 Å². The lowest BCUT2D eigenvalue weighted by atomic mass is 9.80. The molecule has 0 saturated carbocycles. The highest BCUT2D eigenvalue weighted by atomic mass is 16.3. The van der Waals surface area contributed by atoms with E-state index >= 15 is 0 Å². The van der Waals surface area contributed by atoms with Crippen molar-refractivity contribution in [1.29, 1.82) is 0 Å². The van der Waals surface area contributed by atoms with Gasteiger partial charge in [-0.2, -0.15) is 0 Å². The monoisotopic (exact) mass is 205 g/mol. The van der Waals surface area contributed by atoms with Crippen LogP contribution in [0, 0.1) is 0 Å². The van der Waals surface area contributed by atoms with Gasteiger partial charge in [-0.3, -0.25) is 0 Å². The Kier molecular flexibility index (Phi) is 2.96. The SMILES string of the molecule is CCC1(c2ccccc2O)CCCCN1. The summed E-state index contributed by atoms with van der Waals surface area (Å²) < 4.78 is 0. The van der Waals surface area contributed by atoms with Gasteiger partial charge in [-0.15, -0.1) is 0 Å². The number of nitrogens with one attached hydrogen (secondary N) is 1. The maximum atomic E-state index is 9.92. The van der Waals surface area contributed by atoms with E-state index in [0.717, 1.165) is 24.9 Å². The number of hydrogen-bond acceptors (Lipinski definition) is 2. The Balaban J connectivity index is 2.36. The fourth-order valence-electron chi connectivity index (χ4n) is 2.57. The lowest BCUT2D eigenvalue weighted by molar-refractivity contribution is 0.241. The van der Waals surface area contributed by atoms with Crippen LogP contribution in [0.3, 0.4) is 0 Å². The minimum atomic E-state index is 0.00356. The smallest absolute Gasteiger partial charge is 0.120 e. The lowest BCUT2D eigenvalue weighted by Crippen LogP contribution is -2.45. The third kappa shape index (κ3) is 1.86. The highest BCUT2D eigenvalue weighted by Crippen LogP contribution is 2.37. The molecule has 0 radical (unpaired) electrons. The van der Waals surface area contributed by atoms with Crippen LogP contribution < -0.4 is 5.32 Å². The van der Waals surface area contributed by atoms with E-state index in [0.29, 0.717) is 5.75 Å². The van der Waals surface area contributed by atoms with Gasteiger partial charge >= 0.3 is 0 Å². The summed E-state index contributed by atoms with van der Waals surface area (Å²) in [6, 6.07) is 7.70. The normalized spacial score (nSPS) is 26.5. The van der Waals surface area contributed by atoms with Gasteiger partial charge in [-0.05, 0) is 31.9 Å². The number of rotatable bonds is 2. The third-order valence-electron chi connectivity index (χ3n) is 3.52. The summed E-state index contributed by atoms with van der Waals surface area (Å²) in [5.41, 5.74) is 1.07. The summed E-state index contributed by atoms with van der Waals surface area (Å²) in [4.78, 5) is 0. The second-order valence-corrected chi connectivity index (χ2v) is 4.34. The number of phenolic OH excluding ortho intramolecular Hbond substituents is 1. The summed E-state index contributed by atoms with van der Waals surface area (Å²) in [6.45, 7) is 3.24. The lowest BCUT2D eigenvalue weighted by Gasteiger charge is -2.38. The van der Waals surface area contributed by atoms with E-state index in [-0.39, 0.29) is 5.54 Å². The molecule has 1 unspecified atom stereocenters. The standard InChI is InChI=1S/C13H19NO/c1-2-13(9-5-6-10-14-13)11-7-3-4-8-12(11)15/h3-4,7-8,14-15H,2,5-6,9-10H2,1H3. The van der Waals surface area contributed by atoms with Gasteiger partial charge < -0.3 is 10.4 Å². The largest absolute Gasteiger partial charge is 0.508 e. The topological polar surface area (TPSA) is 32.3 Å². The van der Waals surface area contributed by atoms with Crippen molar-refractivity contribution in [3.63, 3.8) is 0 Å². The molecule has 2 nitrogen and oxygen atoms in total. The van der Waals surface area contributed by atoms with Crippen LogP contribution in [0.2, 0.25) is 0 Å². The molecule has 15 heavy (non-hydrogen) atoms. The highest BCUT2D eigenvalue weighted by molar-refractivity contribution is 5.38. The molecule has 0 spiro atoms. The van der Waals surface area contributed by atoms with Gasteiger partial charge in [0.25, 0.3) is 0 Å². The van der Waals surface area contributed by atoms with Crippen molar-refractivity contribution in [2.75, 3.05) is 6.54 Å². The Bertz CT molecular complexity index is 329. The average Bonchev–Trinajstić information content (AvgIpc) is 2.30. The quantitative estimate of drug-likeness (QED) is 0.778. The molecule has 82 valence electrons. The molecule has 1 aliphatic rings. The molecule has 1 heterocycles. The van der Waals surface area contributed by atoms with Gasteiger partial charge in [0.2, 0.25) is 0 Å². The zero-order valence-corrected chi connectivity index (χ0v) is 9.29. The molecule has 0 bridgehead atoms. The van der Waals surface area contributed by atoms with E-state index in [1.54, 1.807) is 6.07 Å². The molecule has 1 aromatic rings. The van der Waals surface area contributed by atoms with E-state index in [9.17, 15) is 5.11 Å². The van der Waals surface area contributed by atoms with Crippen molar-refractivity contribution in [3.05, 3.63) is 29.8 Å². The van der Waals surface area contributed by atoms with Gasteiger partial charge in [-0.1, -0.05) is 31.5 Å². The van der Waals surface area contributed by atoms with Crippen LogP contribution in [-0.2, 0) is 5.54 Å². The summed E-state index contributed by atoms with van der Waals surface area (Å²) >= 11 is 0. The van der Waals surface area contributed by atoms with Gasteiger partial charge in [0, 0.05) is 11.1 Å². The first-order valence-electron chi connectivity index (χ1n) is 5.82. The molecule has 2 N–H and O–H groups in total. The van der Waals surface area contributed by atoms with Crippen LogP contribution in [0.25, 0.3) is 0 Å². The summed E-state index contributed by atoms with van der Waals surface area (Å²) in [5.74, 6) is 0.425. The Morgan fingerprint density at radius 2 is 2.13 bits per heavy atom. The minimum Gasteiger partial charge on any atom is -0.508 e.